The van der Waals surface area contributed by atoms with Crippen molar-refractivity contribution >= 4 is 38.6 Å². The monoisotopic (exact) mass is 455 g/mol. The first-order valence-corrected chi connectivity index (χ1v) is 10.6. The van der Waals surface area contributed by atoms with E-state index in [-0.39, 0.29) is 11.6 Å². The van der Waals surface area contributed by atoms with E-state index in [1.54, 1.807) is 4.57 Å². The van der Waals surface area contributed by atoms with Crippen molar-refractivity contribution in [2.45, 2.75) is 30.8 Å². The molecular weight excluding hydrogens is 438 g/mol. The van der Waals surface area contributed by atoms with Crippen LogP contribution in [0, 0.1) is 6.92 Å². The predicted molar refractivity (Wildman–Crippen MR) is 115 cm³/mol. The third-order valence-electron chi connectivity index (χ3n) is 4.53. The average molecular weight is 456 g/mol. The van der Waals surface area contributed by atoms with Crippen LogP contribution in [0.2, 0.25) is 0 Å². The highest BCUT2D eigenvalue weighted by atomic mass is 79.9. The molecule has 28 heavy (non-hydrogen) atoms. The van der Waals surface area contributed by atoms with E-state index in [4.69, 9.17) is 9.51 Å². The molecule has 7 heteroatoms. The SMILES string of the molecule is Cc1cc(CSc2nc3ccc(Br)cc3c(=O)n2[C@H](C)c2ccccc2)no1. The van der Waals surface area contributed by atoms with Crippen molar-refractivity contribution < 1.29 is 4.52 Å². The fourth-order valence-electron chi connectivity index (χ4n) is 3.10. The van der Waals surface area contributed by atoms with E-state index in [2.05, 4.69) is 21.1 Å². The first-order valence-electron chi connectivity index (χ1n) is 8.84. The second kappa shape index (κ2) is 7.93. The van der Waals surface area contributed by atoms with Crippen molar-refractivity contribution in [1.29, 1.82) is 0 Å². The summed E-state index contributed by atoms with van der Waals surface area (Å²) in [4.78, 5) is 18.2. The van der Waals surface area contributed by atoms with Crippen LogP contribution in [0.25, 0.3) is 10.9 Å². The van der Waals surface area contributed by atoms with Crippen molar-refractivity contribution in [2.75, 3.05) is 0 Å². The van der Waals surface area contributed by atoms with Gasteiger partial charge in [0.1, 0.15) is 5.76 Å². The molecule has 2 aromatic heterocycles. The zero-order valence-electron chi connectivity index (χ0n) is 15.4. The number of fused-ring (bicyclic) bond motifs is 1. The average Bonchev–Trinajstić information content (AvgIpc) is 3.12. The number of nitrogens with zero attached hydrogens (tertiary/aromatic N) is 3. The first kappa shape index (κ1) is 19.0. The Balaban J connectivity index is 1.83. The Morgan fingerprint density at radius 3 is 2.68 bits per heavy atom. The number of aromatic nitrogens is 3. The van der Waals surface area contributed by atoms with E-state index in [0.717, 1.165) is 21.5 Å². The molecule has 0 N–H and O–H groups in total. The largest absolute Gasteiger partial charge is 0.361 e. The normalized spacial score (nSPS) is 12.4. The number of halogens is 1. The van der Waals surface area contributed by atoms with Crippen LogP contribution >= 0.6 is 27.7 Å². The minimum atomic E-state index is -0.147. The molecule has 2 heterocycles. The van der Waals surface area contributed by atoms with Crippen LogP contribution in [0.3, 0.4) is 0 Å². The van der Waals surface area contributed by atoms with Crippen molar-refractivity contribution in [3.8, 4) is 0 Å². The van der Waals surface area contributed by atoms with Crippen molar-refractivity contribution in [2.24, 2.45) is 0 Å². The molecule has 0 aliphatic heterocycles. The highest BCUT2D eigenvalue weighted by Crippen LogP contribution is 2.27. The van der Waals surface area contributed by atoms with E-state index in [1.165, 1.54) is 11.8 Å². The summed E-state index contributed by atoms with van der Waals surface area (Å²) in [7, 11) is 0. The molecule has 0 radical (unpaired) electrons. The molecular formula is C21H18BrN3O2S. The van der Waals surface area contributed by atoms with Gasteiger partial charge in [0.2, 0.25) is 0 Å². The molecule has 2 aromatic carbocycles. The van der Waals surface area contributed by atoms with Gasteiger partial charge < -0.3 is 4.52 Å². The Morgan fingerprint density at radius 2 is 1.96 bits per heavy atom. The van der Waals surface area contributed by atoms with Crippen molar-refractivity contribution in [3.63, 3.8) is 0 Å². The standard InChI is InChI=1S/C21H18BrN3O2S/c1-13-10-17(24-27-13)12-28-21-23-19-9-8-16(22)11-18(19)20(26)25(21)14(2)15-6-4-3-5-7-15/h3-11,14H,12H2,1-2H3/t14-/m1/s1. The summed E-state index contributed by atoms with van der Waals surface area (Å²) in [5.41, 5.74) is 2.51. The zero-order chi connectivity index (χ0) is 19.7. The summed E-state index contributed by atoms with van der Waals surface area (Å²) in [5.74, 6) is 1.34. The number of hydrogen-bond acceptors (Lipinski definition) is 5. The lowest BCUT2D eigenvalue weighted by Crippen LogP contribution is -2.27. The number of rotatable bonds is 5. The Labute approximate surface area is 174 Å². The van der Waals surface area contributed by atoms with Crippen molar-refractivity contribution in [1.82, 2.24) is 14.7 Å². The third kappa shape index (κ3) is 3.77. The molecule has 0 fully saturated rings. The van der Waals surface area contributed by atoms with Crippen LogP contribution in [0.4, 0.5) is 0 Å². The second-order valence-electron chi connectivity index (χ2n) is 6.54. The number of benzene rings is 2. The number of thioether (sulfide) groups is 1. The van der Waals surface area contributed by atoms with Gasteiger partial charge in [-0.1, -0.05) is 63.2 Å². The highest BCUT2D eigenvalue weighted by molar-refractivity contribution is 9.10. The van der Waals surface area contributed by atoms with Crippen LogP contribution in [-0.4, -0.2) is 14.7 Å². The van der Waals surface area contributed by atoms with Crippen LogP contribution in [-0.2, 0) is 5.75 Å². The van der Waals surface area contributed by atoms with Crippen LogP contribution in [0.1, 0.15) is 30.0 Å². The maximum Gasteiger partial charge on any atom is 0.262 e. The number of aryl methyl sites for hydroxylation is 1. The maximum atomic E-state index is 13.4. The predicted octanol–water partition coefficient (Wildman–Crippen LogP) is 5.36. The molecule has 4 aromatic rings. The van der Waals surface area contributed by atoms with Crippen LogP contribution in [0.15, 0.2) is 73.5 Å². The molecule has 0 unspecified atom stereocenters. The fourth-order valence-corrected chi connectivity index (χ4v) is 4.42. The smallest absolute Gasteiger partial charge is 0.262 e. The highest BCUT2D eigenvalue weighted by Gasteiger charge is 2.18. The second-order valence-corrected chi connectivity index (χ2v) is 8.39. The molecule has 0 saturated heterocycles. The Morgan fingerprint density at radius 1 is 1.18 bits per heavy atom. The molecule has 1 atom stereocenters. The lowest BCUT2D eigenvalue weighted by molar-refractivity contribution is 0.393. The zero-order valence-corrected chi connectivity index (χ0v) is 17.8. The minimum Gasteiger partial charge on any atom is -0.361 e. The summed E-state index contributed by atoms with van der Waals surface area (Å²) in [6, 6.07) is 17.3. The summed E-state index contributed by atoms with van der Waals surface area (Å²) in [5, 5.41) is 5.30. The van der Waals surface area contributed by atoms with Crippen molar-refractivity contribution in [3.05, 3.63) is 86.4 Å². The van der Waals surface area contributed by atoms with Crippen LogP contribution < -0.4 is 5.56 Å². The van der Waals surface area contributed by atoms with Gasteiger partial charge in [-0.2, -0.15) is 0 Å². The summed E-state index contributed by atoms with van der Waals surface area (Å²) < 4.78 is 7.77. The van der Waals surface area contributed by atoms with E-state index in [9.17, 15) is 4.79 Å². The molecule has 0 spiro atoms. The lowest BCUT2D eigenvalue weighted by Gasteiger charge is -2.20. The van der Waals surface area contributed by atoms with Crippen LogP contribution in [0.5, 0.6) is 0 Å². The molecule has 142 valence electrons. The van der Waals surface area contributed by atoms with E-state index in [1.807, 2.05) is 68.4 Å². The fraction of sp³-hybridized carbons (Fsp3) is 0.190. The molecule has 0 aliphatic rings. The van der Waals surface area contributed by atoms with Gasteiger partial charge in [-0.25, -0.2) is 4.98 Å². The molecule has 0 amide bonds. The topological polar surface area (TPSA) is 60.9 Å². The van der Waals surface area contributed by atoms with Gasteiger partial charge in [-0.05, 0) is 37.6 Å². The van der Waals surface area contributed by atoms with Gasteiger partial charge in [0.15, 0.2) is 5.16 Å². The molecule has 0 saturated carbocycles. The quantitative estimate of drug-likeness (QED) is 0.299. The lowest BCUT2D eigenvalue weighted by atomic mass is 10.1. The molecule has 4 rings (SSSR count). The van der Waals surface area contributed by atoms with E-state index >= 15 is 0 Å². The van der Waals surface area contributed by atoms with Gasteiger partial charge >= 0.3 is 0 Å². The van der Waals surface area contributed by atoms with Gasteiger partial charge in [0.05, 0.1) is 22.6 Å². The minimum absolute atomic E-state index is 0.0542. The maximum absolute atomic E-state index is 13.4. The van der Waals surface area contributed by atoms with E-state index in [0.29, 0.717) is 21.8 Å². The Bertz CT molecular complexity index is 1190. The summed E-state index contributed by atoms with van der Waals surface area (Å²) in [6.07, 6.45) is 0. The summed E-state index contributed by atoms with van der Waals surface area (Å²) in [6.45, 7) is 3.88. The Kier molecular flexibility index (Phi) is 5.37. The number of hydrogen-bond donors (Lipinski definition) is 0. The first-order chi connectivity index (χ1) is 13.5. The summed E-state index contributed by atoms with van der Waals surface area (Å²) >= 11 is 4.94. The third-order valence-corrected chi connectivity index (χ3v) is 6.00. The Hall–Kier alpha value is -2.38. The van der Waals surface area contributed by atoms with Gasteiger partial charge in [0, 0.05) is 16.3 Å². The van der Waals surface area contributed by atoms with Gasteiger partial charge in [-0.15, -0.1) is 0 Å². The van der Waals surface area contributed by atoms with Gasteiger partial charge in [0.25, 0.3) is 5.56 Å². The van der Waals surface area contributed by atoms with Gasteiger partial charge in [-0.3, -0.25) is 9.36 Å². The van der Waals surface area contributed by atoms with E-state index < -0.39 is 0 Å². The molecule has 0 aliphatic carbocycles. The molecule has 5 nitrogen and oxygen atoms in total. The molecule has 0 bridgehead atoms.